The van der Waals surface area contributed by atoms with Gasteiger partial charge in [0.25, 0.3) is 11.7 Å². The maximum Gasteiger partial charge on any atom is 0.291 e. The van der Waals surface area contributed by atoms with Crippen LogP contribution in [-0.2, 0) is 9.84 Å². The lowest BCUT2D eigenvalue weighted by Crippen LogP contribution is -2.41. The molecule has 0 atom stereocenters. The van der Waals surface area contributed by atoms with Crippen LogP contribution in [0.25, 0.3) is 5.78 Å². The Morgan fingerprint density at radius 2 is 2.10 bits per heavy atom. The lowest BCUT2D eigenvalue weighted by Gasteiger charge is -2.22. The average Bonchev–Trinajstić information content (AvgIpc) is 2.85. The molecule has 9 heteroatoms. The lowest BCUT2D eigenvalue weighted by molar-refractivity contribution is 0.0924. The summed E-state index contributed by atoms with van der Waals surface area (Å²) < 4.78 is 24.1. The number of nitrogens with zero attached hydrogens (tertiary/aromatic N) is 4. The van der Waals surface area contributed by atoms with Gasteiger partial charge in [0.05, 0.1) is 11.5 Å². The smallest absolute Gasteiger partial charge is 0.291 e. The molecule has 0 aliphatic carbocycles. The van der Waals surface area contributed by atoms with Gasteiger partial charge in [0, 0.05) is 18.4 Å². The molecule has 0 bridgehead atoms. The molecule has 2 aromatic heterocycles. The maximum atomic E-state index is 12.0. The maximum absolute atomic E-state index is 12.0. The van der Waals surface area contributed by atoms with Crippen LogP contribution in [0.2, 0.25) is 0 Å². The van der Waals surface area contributed by atoms with E-state index in [2.05, 4.69) is 20.4 Å². The van der Waals surface area contributed by atoms with Gasteiger partial charge in [0.1, 0.15) is 9.84 Å². The second-order valence-corrected chi connectivity index (χ2v) is 7.00. The summed E-state index contributed by atoms with van der Waals surface area (Å²) >= 11 is 0. The lowest BCUT2D eigenvalue weighted by atomic mass is 10.1. The zero-order chi connectivity index (χ0) is 14.2. The second kappa shape index (κ2) is 4.82. The molecular weight excluding hydrogens is 282 g/mol. The van der Waals surface area contributed by atoms with Crippen molar-refractivity contribution < 1.29 is 13.2 Å². The van der Waals surface area contributed by atoms with Crippen LogP contribution < -0.4 is 5.32 Å². The Balaban J connectivity index is 1.70. The fourth-order valence-corrected chi connectivity index (χ4v) is 3.60. The minimum atomic E-state index is -2.93. The van der Waals surface area contributed by atoms with E-state index in [4.69, 9.17) is 0 Å². The van der Waals surface area contributed by atoms with E-state index >= 15 is 0 Å². The Hall–Kier alpha value is -2.03. The largest absolute Gasteiger partial charge is 0.346 e. The SMILES string of the molecule is O=C(NC1CCS(=O)(=O)CC1)c1nc2ncccn2n1. The zero-order valence-corrected chi connectivity index (χ0v) is 11.4. The van der Waals surface area contributed by atoms with Crippen molar-refractivity contribution in [2.24, 2.45) is 0 Å². The van der Waals surface area contributed by atoms with Crippen LogP contribution in [0, 0.1) is 0 Å². The monoisotopic (exact) mass is 295 g/mol. The van der Waals surface area contributed by atoms with E-state index in [0.717, 1.165) is 0 Å². The summed E-state index contributed by atoms with van der Waals surface area (Å²) in [4.78, 5) is 20.0. The summed E-state index contributed by atoms with van der Waals surface area (Å²) in [5, 5.41) is 6.78. The number of hydrogen-bond acceptors (Lipinski definition) is 6. The Morgan fingerprint density at radius 3 is 2.80 bits per heavy atom. The summed E-state index contributed by atoms with van der Waals surface area (Å²) in [6, 6.07) is 1.54. The molecule has 8 nitrogen and oxygen atoms in total. The summed E-state index contributed by atoms with van der Waals surface area (Å²) in [7, 11) is -2.93. The predicted octanol–water partition coefficient (Wildman–Crippen LogP) is -0.569. The van der Waals surface area contributed by atoms with Crippen molar-refractivity contribution >= 4 is 21.5 Å². The van der Waals surface area contributed by atoms with E-state index in [1.807, 2.05) is 0 Å². The fraction of sp³-hybridized carbons (Fsp3) is 0.455. The van der Waals surface area contributed by atoms with Crippen LogP contribution in [0.3, 0.4) is 0 Å². The zero-order valence-electron chi connectivity index (χ0n) is 10.6. The molecule has 106 valence electrons. The van der Waals surface area contributed by atoms with Crippen LogP contribution in [0.5, 0.6) is 0 Å². The molecule has 3 heterocycles. The van der Waals surface area contributed by atoms with Crippen LogP contribution in [0.4, 0.5) is 0 Å². The second-order valence-electron chi connectivity index (χ2n) is 4.70. The van der Waals surface area contributed by atoms with Crippen molar-refractivity contribution in [1.82, 2.24) is 24.9 Å². The van der Waals surface area contributed by atoms with Gasteiger partial charge in [0.15, 0.2) is 0 Å². The van der Waals surface area contributed by atoms with Crippen molar-refractivity contribution in [2.75, 3.05) is 11.5 Å². The third-order valence-electron chi connectivity index (χ3n) is 3.21. The first-order valence-electron chi connectivity index (χ1n) is 6.22. The van der Waals surface area contributed by atoms with Gasteiger partial charge in [0.2, 0.25) is 5.82 Å². The molecular formula is C11H13N5O3S. The van der Waals surface area contributed by atoms with Gasteiger partial charge in [-0.15, -0.1) is 5.10 Å². The van der Waals surface area contributed by atoms with Gasteiger partial charge in [-0.3, -0.25) is 4.79 Å². The van der Waals surface area contributed by atoms with E-state index < -0.39 is 15.7 Å². The van der Waals surface area contributed by atoms with Crippen LogP contribution in [0.1, 0.15) is 23.5 Å². The molecule has 1 amide bonds. The van der Waals surface area contributed by atoms with Crippen LogP contribution in [0.15, 0.2) is 18.5 Å². The quantitative estimate of drug-likeness (QED) is 0.795. The van der Waals surface area contributed by atoms with Gasteiger partial charge in [-0.05, 0) is 18.9 Å². The van der Waals surface area contributed by atoms with Gasteiger partial charge in [-0.25, -0.2) is 17.9 Å². The minimum Gasteiger partial charge on any atom is -0.346 e. The Kier molecular flexibility index (Phi) is 3.13. The molecule has 1 aliphatic heterocycles. The number of fused-ring (bicyclic) bond motifs is 1. The first-order valence-corrected chi connectivity index (χ1v) is 8.04. The molecule has 0 aromatic carbocycles. The number of carbonyl (C=O) groups is 1. The summed E-state index contributed by atoms with van der Waals surface area (Å²) in [5.74, 6) is 0.205. The van der Waals surface area contributed by atoms with Crippen LogP contribution >= 0.6 is 0 Å². The van der Waals surface area contributed by atoms with Crippen molar-refractivity contribution in [1.29, 1.82) is 0 Å². The molecule has 0 spiro atoms. The van der Waals surface area contributed by atoms with Crippen molar-refractivity contribution in [2.45, 2.75) is 18.9 Å². The topological polar surface area (TPSA) is 106 Å². The number of rotatable bonds is 2. The van der Waals surface area contributed by atoms with Crippen molar-refractivity contribution in [3.8, 4) is 0 Å². The summed E-state index contributed by atoms with van der Waals surface area (Å²) in [6.07, 6.45) is 4.08. The Labute approximate surface area is 115 Å². The third-order valence-corrected chi connectivity index (χ3v) is 4.92. The number of carbonyl (C=O) groups excluding carboxylic acids is 1. The van der Waals surface area contributed by atoms with Gasteiger partial charge in [-0.1, -0.05) is 0 Å². The number of nitrogens with one attached hydrogen (secondary N) is 1. The molecule has 1 saturated heterocycles. The fourth-order valence-electron chi connectivity index (χ4n) is 2.11. The molecule has 2 aromatic rings. The van der Waals surface area contributed by atoms with Gasteiger partial charge < -0.3 is 5.32 Å². The van der Waals surface area contributed by atoms with Gasteiger partial charge in [-0.2, -0.15) is 4.98 Å². The molecule has 20 heavy (non-hydrogen) atoms. The van der Waals surface area contributed by atoms with E-state index in [0.29, 0.717) is 18.6 Å². The Bertz CT molecular complexity index is 707. The molecule has 0 radical (unpaired) electrons. The number of aromatic nitrogens is 4. The van der Waals surface area contributed by atoms with Crippen molar-refractivity contribution in [3.05, 3.63) is 24.3 Å². The standard InChI is InChI=1S/C11H13N5O3S/c17-10(13-8-2-6-20(18,19)7-3-8)9-14-11-12-4-1-5-16(11)15-9/h1,4-5,8H,2-3,6-7H2,(H,13,17). The van der Waals surface area contributed by atoms with E-state index in [1.54, 1.807) is 18.5 Å². The highest BCUT2D eigenvalue weighted by Crippen LogP contribution is 2.12. The molecule has 1 N–H and O–H groups in total. The highest BCUT2D eigenvalue weighted by atomic mass is 32.2. The van der Waals surface area contributed by atoms with Gasteiger partial charge >= 0.3 is 0 Å². The molecule has 1 fully saturated rings. The molecule has 3 rings (SSSR count). The highest BCUT2D eigenvalue weighted by molar-refractivity contribution is 7.91. The van der Waals surface area contributed by atoms with E-state index in [-0.39, 0.29) is 23.4 Å². The Morgan fingerprint density at radius 1 is 1.35 bits per heavy atom. The number of amides is 1. The highest BCUT2D eigenvalue weighted by Gasteiger charge is 2.26. The summed E-state index contributed by atoms with van der Waals surface area (Å²) in [5.41, 5.74) is 0. The first kappa shape index (κ1) is 13.0. The minimum absolute atomic E-state index is 0.0390. The number of sulfone groups is 1. The summed E-state index contributed by atoms with van der Waals surface area (Å²) in [6.45, 7) is 0. The first-order chi connectivity index (χ1) is 9.53. The normalized spacial score (nSPS) is 19.0. The van der Waals surface area contributed by atoms with Crippen molar-refractivity contribution in [3.63, 3.8) is 0 Å². The predicted molar refractivity (Wildman–Crippen MR) is 69.9 cm³/mol. The number of hydrogen-bond donors (Lipinski definition) is 1. The molecule has 0 unspecified atom stereocenters. The molecule has 0 saturated carbocycles. The van der Waals surface area contributed by atoms with Crippen LogP contribution in [-0.4, -0.2) is 51.5 Å². The van der Waals surface area contributed by atoms with E-state index in [9.17, 15) is 13.2 Å². The molecule has 1 aliphatic rings. The van der Waals surface area contributed by atoms with E-state index in [1.165, 1.54) is 4.52 Å². The third kappa shape index (κ3) is 2.62. The average molecular weight is 295 g/mol.